The lowest BCUT2D eigenvalue weighted by Crippen LogP contribution is -2.48. The van der Waals surface area contributed by atoms with Crippen LogP contribution in [0.15, 0.2) is 47.4 Å². The summed E-state index contributed by atoms with van der Waals surface area (Å²) in [5, 5.41) is 0.547. The summed E-state index contributed by atoms with van der Waals surface area (Å²) < 4.78 is 27.2. The Morgan fingerprint density at radius 2 is 1.68 bits per heavy atom. The highest BCUT2D eigenvalue weighted by molar-refractivity contribution is 7.89. The number of likely N-dealkylation sites (N-methyl/N-ethyl adjacent to an activating group) is 1. The molecule has 0 atom stereocenters. The van der Waals surface area contributed by atoms with E-state index in [2.05, 4.69) is 11.8 Å². The first-order chi connectivity index (χ1) is 11.9. The predicted molar refractivity (Wildman–Crippen MR) is 102 cm³/mol. The first kappa shape index (κ1) is 18.2. The van der Waals surface area contributed by atoms with Gasteiger partial charge in [-0.2, -0.15) is 4.31 Å². The maximum absolute atomic E-state index is 12.8. The van der Waals surface area contributed by atoms with Crippen LogP contribution in [0, 0.1) is 0 Å². The normalized spacial score (nSPS) is 16.9. The Bertz CT molecular complexity index is 845. The molecule has 0 aromatic heterocycles. The van der Waals surface area contributed by atoms with Gasteiger partial charge in [0.15, 0.2) is 0 Å². The standard InChI is InChI=1S/C18H22ClN3O2S/c1-2-21-9-11-22(12-10-21)25(23,24)16-6-3-14(4-7-16)17-8-5-15(20)13-18(17)19/h3-8,13H,2,9-12,20H2,1H3. The molecule has 0 radical (unpaired) electrons. The van der Waals surface area contributed by atoms with E-state index in [9.17, 15) is 8.42 Å². The number of anilines is 1. The van der Waals surface area contributed by atoms with Crippen LogP contribution in [0.25, 0.3) is 11.1 Å². The molecule has 0 spiro atoms. The van der Waals surface area contributed by atoms with Crippen LogP contribution >= 0.6 is 11.6 Å². The molecule has 0 saturated carbocycles. The van der Waals surface area contributed by atoms with Crippen molar-refractivity contribution in [3.05, 3.63) is 47.5 Å². The molecule has 1 saturated heterocycles. The molecule has 1 aliphatic rings. The van der Waals surface area contributed by atoms with Gasteiger partial charge in [0.1, 0.15) is 0 Å². The monoisotopic (exact) mass is 379 g/mol. The summed E-state index contributed by atoms with van der Waals surface area (Å²) in [7, 11) is -3.46. The lowest BCUT2D eigenvalue weighted by Gasteiger charge is -2.33. The molecule has 0 bridgehead atoms. The molecule has 3 rings (SSSR count). The number of sulfonamides is 1. The summed E-state index contributed by atoms with van der Waals surface area (Å²) in [6.45, 7) is 5.64. The lowest BCUT2D eigenvalue weighted by molar-refractivity contribution is 0.196. The molecule has 2 aromatic carbocycles. The summed E-state index contributed by atoms with van der Waals surface area (Å²) in [5.74, 6) is 0. The van der Waals surface area contributed by atoms with Crippen LogP contribution in [0.1, 0.15) is 6.92 Å². The maximum atomic E-state index is 12.8. The largest absolute Gasteiger partial charge is 0.399 e. The number of halogens is 1. The van der Waals surface area contributed by atoms with E-state index in [0.717, 1.165) is 30.8 Å². The molecule has 0 aliphatic carbocycles. The van der Waals surface area contributed by atoms with Crippen molar-refractivity contribution in [3.63, 3.8) is 0 Å². The van der Waals surface area contributed by atoms with Crippen molar-refractivity contribution in [2.75, 3.05) is 38.5 Å². The van der Waals surface area contributed by atoms with Gasteiger partial charge >= 0.3 is 0 Å². The second kappa shape index (κ2) is 7.33. The van der Waals surface area contributed by atoms with E-state index < -0.39 is 10.0 Å². The van der Waals surface area contributed by atoms with Crippen molar-refractivity contribution in [2.45, 2.75) is 11.8 Å². The predicted octanol–water partition coefficient (Wildman–Crippen LogP) is 2.92. The van der Waals surface area contributed by atoms with Crippen molar-refractivity contribution >= 4 is 27.3 Å². The number of nitrogen functional groups attached to an aromatic ring is 1. The van der Waals surface area contributed by atoms with Crippen LogP contribution in [0.4, 0.5) is 5.69 Å². The highest BCUT2D eigenvalue weighted by Crippen LogP contribution is 2.30. The number of hydrogen-bond donors (Lipinski definition) is 1. The zero-order valence-electron chi connectivity index (χ0n) is 14.2. The van der Waals surface area contributed by atoms with E-state index in [1.165, 1.54) is 0 Å². The van der Waals surface area contributed by atoms with E-state index in [1.807, 2.05) is 6.07 Å². The van der Waals surface area contributed by atoms with Gasteiger partial charge in [-0.3, -0.25) is 0 Å². The molecule has 1 heterocycles. The van der Waals surface area contributed by atoms with Gasteiger partial charge in [0.05, 0.1) is 9.92 Å². The molecule has 2 aromatic rings. The topological polar surface area (TPSA) is 66.6 Å². The fraction of sp³-hybridized carbons (Fsp3) is 0.333. The molecule has 0 unspecified atom stereocenters. The first-order valence-electron chi connectivity index (χ1n) is 8.30. The maximum Gasteiger partial charge on any atom is 0.243 e. The Labute approximate surface area is 154 Å². The molecule has 2 N–H and O–H groups in total. The highest BCUT2D eigenvalue weighted by atomic mass is 35.5. The van der Waals surface area contributed by atoms with Crippen LogP contribution in [0.5, 0.6) is 0 Å². The van der Waals surface area contributed by atoms with Crippen LogP contribution in [0.2, 0.25) is 5.02 Å². The van der Waals surface area contributed by atoms with Crippen molar-refractivity contribution < 1.29 is 8.42 Å². The highest BCUT2D eigenvalue weighted by Gasteiger charge is 2.27. The van der Waals surface area contributed by atoms with Crippen molar-refractivity contribution in [2.24, 2.45) is 0 Å². The van der Waals surface area contributed by atoms with Gasteiger partial charge in [0, 0.05) is 37.4 Å². The third-order valence-corrected chi connectivity index (χ3v) is 6.80. The molecular formula is C18H22ClN3O2S. The summed E-state index contributed by atoms with van der Waals surface area (Å²) in [6, 6.07) is 12.2. The second-order valence-corrected chi connectivity index (χ2v) is 8.45. The van der Waals surface area contributed by atoms with Gasteiger partial charge in [-0.1, -0.05) is 36.7 Å². The Morgan fingerprint density at radius 3 is 2.24 bits per heavy atom. The zero-order chi connectivity index (χ0) is 18.0. The van der Waals surface area contributed by atoms with Gasteiger partial charge in [0.25, 0.3) is 0 Å². The molecular weight excluding hydrogens is 358 g/mol. The Morgan fingerprint density at radius 1 is 1.04 bits per heavy atom. The number of benzene rings is 2. The van der Waals surface area contributed by atoms with Crippen LogP contribution < -0.4 is 5.73 Å². The third kappa shape index (κ3) is 3.82. The van der Waals surface area contributed by atoms with Gasteiger partial charge in [0.2, 0.25) is 10.0 Å². The van der Waals surface area contributed by atoms with E-state index in [4.69, 9.17) is 17.3 Å². The fourth-order valence-electron chi connectivity index (χ4n) is 3.01. The summed E-state index contributed by atoms with van der Waals surface area (Å²) in [4.78, 5) is 2.56. The van der Waals surface area contributed by atoms with Crippen LogP contribution in [-0.2, 0) is 10.0 Å². The molecule has 0 amide bonds. The summed E-state index contributed by atoms with van der Waals surface area (Å²) in [5.41, 5.74) is 8.00. The van der Waals surface area contributed by atoms with E-state index >= 15 is 0 Å². The SMILES string of the molecule is CCN1CCN(S(=O)(=O)c2ccc(-c3ccc(N)cc3Cl)cc2)CC1. The minimum absolute atomic E-state index is 0.313. The van der Waals surface area contributed by atoms with Crippen LogP contribution in [-0.4, -0.2) is 50.3 Å². The van der Waals surface area contributed by atoms with E-state index in [1.54, 1.807) is 40.7 Å². The molecule has 5 nitrogen and oxygen atoms in total. The number of nitrogens with two attached hydrogens (primary N) is 1. The average Bonchev–Trinajstić information content (AvgIpc) is 2.62. The third-order valence-electron chi connectivity index (χ3n) is 4.57. The molecule has 1 aliphatic heterocycles. The number of hydrogen-bond acceptors (Lipinski definition) is 4. The van der Waals surface area contributed by atoms with Gasteiger partial charge in [-0.05, 0) is 36.4 Å². The van der Waals surface area contributed by atoms with E-state index in [0.29, 0.717) is 28.7 Å². The lowest BCUT2D eigenvalue weighted by atomic mass is 10.1. The smallest absolute Gasteiger partial charge is 0.243 e. The molecule has 134 valence electrons. The van der Waals surface area contributed by atoms with Crippen molar-refractivity contribution in [1.29, 1.82) is 0 Å². The summed E-state index contributed by atoms with van der Waals surface area (Å²) >= 11 is 6.23. The summed E-state index contributed by atoms with van der Waals surface area (Å²) in [6.07, 6.45) is 0. The minimum atomic E-state index is -3.46. The fourth-order valence-corrected chi connectivity index (χ4v) is 4.73. The Kier molecular flexibility index (Phi) is 5.34. The van der Waals surface area contributed by atoms with Gasteiger partial charge in [-0.15, -0.1) is 0 Å². The van der Waals surface area contributed by atoms with Crippen molar-refractivity contribution in [1.82, 2.24) is 9.21 Å². The van der Waals surface area contributed by atoms with Crippen molar-refractivity contribution in [3.8, 4) is 11.1 Å². The average molecular weight is 380 g/mol. The number of piperazine rings is 1. The van der Waals surface area contributed by atoms with Gasteiger partial charge < -0.3 is 10.6 Å². The zero-order valence-corrected chi connectivity index (χ0v) is 15.7. The minimum Gasteiger partial charge on any atom is -0.399 e. The molecule has 1 fully saturated rings. The van der Waals surface area contributed by atoms with E-state index in [-0.39, 0.29) is 0 Å². The quantitative estimate of drug-likeness (QED) is 0.829. The molecule has 25 heavy (non-hydrogen) atoms. The van der Waals surface area contributed by atoms with Gasteiger partial charge in [-0.25, -0.2) is 8.42 Å². The number of nitrogens with zero attached hydrogens (tertiary/aromatic N) is 2. The second-order valence-electron chi connectivity index (χ2n) is 6.10. The molecule has 7 heteroatoms. The Hall–Kier alpha value is -1.60. The van der Waals surface area contributed by atoms with Crippen LogP contribution in [0.3, 0.4) is 0 Å². The Balaban J connectivity index is 1.82. The number of rotatable bonds is 4. The first-order valence-corrected chi connectivity index (χ1v) is 10.1.